The van der Waals surface area contributed by atoms with Crippen LogP contribution in [0.4, 0.5) is 4.79 Å². The maximum absolute atomic E-state index is 12.7. The van der Waals surface area contributed by atoms with Gasteiger partial charge in [-0.2, -0.15) is 5.26 Å². The molecule has 2 atom stereocenters. The summed E-state index contributed by atoms with van der Waals surface area (Å²) < 4.78 is 6.59. The highest BCUT2D eigenvalue weighted by molar-refractivity contribution is 9.10. The van der Waals surface area contributed by atoms with Gasteiger partial charge < -0.3 is 9.72 Å². The Labute approximate surface area is 184 Å². The van der Waals surface area contributed by atoms with Crippen molar-refractivity contribution in [2.45, 2.75) is 38.8 Å². The van der Waals surface area contributed by atoms with Gasteiger partial charge >= 0.3 is 6.09 Å². The number of halogens is 1. The molecule has 2 heterocycles. The van der Waals surface area contributed by atoms with Gasteiger partial charge in [0.1, 0.15) is 11.4 Å². The Kier molecular flexibility index (Phi) is 5.29. The quantitative estimate of drug-likeness (QED) is 0.516. The van der Waals surface area contributed by atoms with E-state index in [9.17, 15) is 10.1 Å². The van der Waals surface area contributed by atoms with Gasteiger partial charge in [0.25, 0.3) is 0 Å². The first-order valence-corrected chi connectivity index (χ1v) is 10.7. The molecule has 0 saturated carbocycles. The number of hydrogen-bond donors (Lipinski definition) is 1. The molecule has 6 nitrogen and oxygen atoms in total. The van der Waals surface area contributed by atoms with Crippen LogP contribution in [0.25, 0.3) is 22.0 Å². The molecule has 1 aliphatic heterocycles. The fraction of sp³-hybridized carbons (Fsp3) is 0.348. The van der Waals surface area contributed by atoms with Crippen LogP contribution in [-0.4, -0.2) is 33.1 Å². The Bertz CT molecular complexity index is 1140. The van der Waals surface area contributed by atoms with Gasteiger partial charge in [-0.05, 0) is 56.2 Å². The number of likely N-dealkylation sites (tertiary alicyclic amines) is 1. The third-order valence-corrected chi connectivity index (χ3v) is 5.63. The van der Waals surface area contributed by atoms with Gasteiger partial charge in [-0.25, -0.2) is 9.78 Å². The number of carbonyl (C=O) groups excluding carboxylic acids is 1. The second kappa shape index (κ2) is 7.77. The molecule has 4 rings (SSSR count). The topological polar surface area (TPSA) is 82.0 Å². The van der Waals surface area contributed by atoms with Crippen molar-refractivity contribution >= 4 is 32.8 Å². The lowest BCUT2D eigenvalue weighted by molar-refractivity contribution is 0.0216. The van der Waals surface area contributed by atoms with Gasteiger partial charge in [-0.1, -0.05) is 34.1 Å². The summed E-state index contributed by atoms with van der Waals surface area (Å²) in [6, 6.07) is 14.4. The molecule has 0 bridgehead atoms. The van der Waals surface area contributed by atoms with Crippen molar-refractivity contribution in [3.8, 4) is 17.3 Å². The maximum Gasteiger partial charge on any atom is 0.410 e. The van der Waals surface area contributed by atoms with Crippen LogP contribution in [0.5, 0.6) is 0 Å². The molecule has 2 unspecified atom stereocenters. The lowest BCUT2D eigenvalue weighted by Crippen LogP contribution is -2.37. The maximum atomic E-state index is 12.7. The summed E-state index contributed by atoms with van der Waals surface area (Å²) in [7, 11) is 0. The number of nitriles is 1. The summed E-state index contributed by atoms with van der Waals surface area (Å²) in [5.41, 5.74) is 1.29. The Morgan fingerprint density at radius 1 is 1.27 bits per heavy atom. The van der Waals surface area contributed by atoms with Gasteiger partial charge in [0.15, 0.2) is 0 Å². The van der Waals surface area contributed by atoms with Crippen molar-refractivity contribution in [3.05, 3.63) is 52.9 Å². The molecule has 1 aromatic heterocycles. The average Bonchev–Trinajstić information content (AvgIpc) is 3.33. The molecular weight excluding hydrogens is 444 g/mol. The number of aromatic nitrogens is 2. The van der Waals surface area contributed by atoms with Crippen molar-refractivity contribution in [2.75, 3.05) is 6.54 Å². The number of fused-ring (bicyclic) bond motifs is 1. The number of carbonyl (C=O) groups is 1. The fourth-order valence-corrected chi connectivity index (χ4v) is 4.13. The molecule has 1 aliphatic rings. The van der Waals surface area contributed by atoms with Crippen molar-refractivity contribution in [1.82, 2.24) is 14.9 Å². The summed E-state index contributed by atoms with van der Waals surface area (Å²) in [6.07, 6.45) is 1.90. The SMILES string of the molecule is CC(C)(C)OC(=O)N1CC(C#N)CC1c1ncc(-c2ccc3cc(Br)ccc3c2)[nH]1. The Hall–Kier alpha value is -2.85. The van der Waals surface area contributed by atoms with Crippen LogP contribution in [0.2, 0.25) is 0 Å². The molecule has 3 aromatic rings. The monoisotopic (exact) mass is 466 g/mol. The number of nitrogens with one attached hydrogen (secondary N) is 1. The van der Waals surface area contributed by atoms with E-state index in [1.54, 1.807) is 11.1 Å². The van der Waals surface area contributed by atoms with Crippen molar-refractivity contribution in [1.29, 1.82) is 5.26 Å². The van der Waals surface area contributed by atoms with Gasteiger partial charge in [0.05, 0.1) is 29.9 Å². The predicted octanol–water partition coefficient (Wildman–Crippen LogP) is 5.81. The zero-order valence-corrected chi connectivity index (χ0v) is 18.7. The van der Waals surface area contributed by atoms with Crippen LogP contribution in [0.15, 0.2) is 47.1 Å². The van der Waals surface area contributed by atoms with Crippen LogP contribution in [0.1, 0.15) is 39.1 Å². The van der Waals surface area contributed by atoms with Gasteiger partial charge in [0, 0.05) is 16.6 Å². The van der Waals surface area contributed by atoms with E-state index in [0.717, 1.165) is 26.5 Å². The first-order valence-electron chi connectivity index (χ1n) is 9.87. The number of nitrogens with zero attached hydrogens (tertiary/aromatic N) is 3. The van der Waals surface area contributed by atoms with Crippen molar-refractivity contribution in [3.63, 3.8) is 0 Å². The Morgan fingerprint density at radius 3 is 2.73 bits per heavy atom. The summed E-state index contributed by atoms with van der Waals surface area (Å²) >= 11 is 3.50. The summed E-state index contributed by atoms with van der Waals surface area (Å²) in [5, 5.41) is 11.7. The van der Waals surface area contributed by atoms with Crippen LogP contribution in [-0.2, 0) is 4.74 Å². The molecule has 0 radical (unpaired) electrons. The largest absolute Gasteiger partial charge is 0.444 e. The molecule has 154 valence electrons. The minimum absolute atomic E-state index is 0.241. The Morgan fingerprint density at radius 2 is 2.00 bits per heavy atom. The first kappa shape index (κ1) is 20.4. The molecule has 1 N–H and O–H groups in total. The number of ether oxygens (including phenoxy) is 1. The van der Waals surface area contributed by atoms with Crippen LogP contribution in [0, 0.1) is 17.2 Å². The van der Waals surface area contributed by atoms with Gasteiger partial charge in [-0.15, -0.1) is 0 Å². The average molecular weight is 467 g/mol. The summed E-state index contributed by atoms with van der Waals surface area (Å²) in [5.74, 6) is 0.430. The molecule has 0 spiro atoms. The van der Waals surface area contributed by atoms with E-state index in [1.165, 1.54) is 0 Å². The minimum atomic E-state index is -0.596. The van der Waals surface area contributed by atoms with Gasteiger partial charge in [-0.3, -0.25) is 4.90 Å². The van der Waals surface area contributed by atoms with Crippen LogP contribution in [0.3, 0.4) is 0 Å². The number of hydrogen-bond acceptors (Lipinski definition) is 4. The highest BCUT2D eigenvalue weighted by atomic mass is 79.9. The first-order chi connectivity index (χ1) is 14.2. The number of amides is 1. The number of H-pyrrole nitrogens is 1. The van der Waals surface area contributed by atoms with Crippen LogP contribution >= 0.6 is 15.9 Å². The third kappa shape index (κ3) is 4.19. The second-order valence-electron chi connectivity index (χ2n) is 8.60. The zero-order chi connectivity index (χ0) is 21.5. The number of aromatic amines is 1. The lowest BCUT2D eigenvalue weighted by Gasteiger charge is -2.27. The van der Waals surface area contributed by atoms with E-state index in [2.05, 4.69) is 56.2 Å². The second-order valence-corrected chi connectivity index (χ2v) is 9.51. The number of rotatable bonds is 2. The highest BCUT2D eigenvalue weighted by Crippen LogP contribution is 2.36. The molecule has 1 saturated heterocycles. The van der Waals surface area contributed by atoms with Gasteiger partial charge in [0.2, 0.25) is 0 Å². The van der Waals surface area contributed by atoms with E-state index >= 15 is 0 Å². The summed E-state index contributed by atoms with van der Waals surface area (Å²) in [4.78, 5) is 22.2. The Balaban J connectivity index is 1.62. The molecule has 1 fully saturated rings. The van der Waals surface area contributed by atoms with E-state index in [4.69, 9.17) is 4.74 Å². The van der Waals surface area contributed by atoms with Crippen LogP contribution < -0.4 is 0 Å². The predicted molar refractivity (Wildman–Crippen MR) is 119 cm³/mol. The van der Waals surface area contributed by atoms with E-state index in [-0.39, 0.29) is 12.0 Å². The molecule has 2 aromatic carbocycles. The number of benzene rings is 2. The molecule has 7 heteroatoms. The molecular formula is C23H23BrN4O2. The van der Waals surface area contributed by atoms with Crippen molar-refractivity contribution < 1.29 is 9.53 Å². The number of imidazole rings is 1. The fourth-order valence-electron chi connectivity index (χ4n) is 3.75. The highest BCUT2D eigenvalue weighted by Gasteiger charge is 2.40. The summed E-state index contributed by atoms with van der Waals surface area (Å²) in [6.45, 7) is 5.85. The molecule has 0 aliphatic carbocycles. The standard InChI is InChI=1S/C23H23BrN4O2/c1-23(2,3)30-22(29)28-13-14(11-25)8-20(28)21-26-12-19(27-21)17-5-4-16-10-18(24)7-6-15(16)9-17/h4-7,9-10,12,14,20H,8,13H2,1-3H3,(H,26,27). The van der Waals surface area contributed by atoms with E-state index in [1.807, 2.05) is 32.9 Å². The van der Waals surface area contributed by atoms with E-state index < -0.39 is 11.7 Å². The van der Waals surface area contributed by atoms with E-state index in [0.29, 0.717) is 18.8 Å². The normalized spacial score (nSPS) is 19.1. The molecule has 1 amide bonds. The van der Waals surface area contributed by atoms with Crippen molar-refractivity contribution in [2.24, 2.45) is 5.92 Å². The molecule has 30 heavy (non-hydrogen) atoms. The smallest absolute Gasteiger partial charge is 0.410 e. The third-order valence-electron chi connectivity index (χ3n) is 5.14. The zero-order valence-electron chi connectivity index (χ0n) is 17.1. The minimum Gasteiger partial charge on any atom is -0.444 e. The lowest BCUT2D eigenvalue weighted by atomic mass is 10.1.